The van der Waals surface area contributed by atoms with Gasteiger partial charge < -0.3 is 0 Å². The van der Waals surface area contributed by atoms with Crippen LogP contribution >= 0.6 is 0 Å². The summed E-state index contributed by atoms with van der Waals surface area (Å²) in [4.78, 5) is 0. The standard InChI is InChI=1S/CN.Ag.K.Pd/c1-2;;;. The molecule has 0 N–H and O–H groups in total. The second-order valence-electron chi connectivity index (χ2n) is 0.224. The monoisotopic (exact) mass is 278 g/mol. The molecular formula is CAgKNPd. The first kappa shape index (κ1) is 15.6. The third-order valence-corrected chi connectivity index (χ3v) is 0. The molecule has 0 aliphatic rings. The second-order valence-corrected chi connectivity index (χ2v) is 0.922. The summed E-state index contributed by atoms with van der Waals surface area (Å²) in [6, 6.07) is 0. The van der Waals surface area contributed by atoms with Crippen LogP contribution in [0.1, 0.15) is 0 Å². The van der Waals surface area contributed by atoms with E-state index < -0.39 is 0 Å². The van der Waals surface area contributed by atoms with Crippen molar-refractivity contribution >= 4 is 49.0 Å². The van der Waals surface area contributed by atoms with Gasteiger partial charge in [-0.1, -0.05) is 0 Å². The number of nitrogens with zero attached hydrogens (tertiary/aromatic N) is 1. The molecule has 0 aromatic heterocycles. The van der Waals surface area contributed by atoms with Crippen molar-refractivity contribution in [1.82, 2.24) is 0 Å². The molecule has 0 unspecified atom stereocenters. The Kier molecular flexibility index (Phi) is 50.2. The predicted molar refractivity (Wildman–Crippen MR) is 11.4 cm³/mol. The molecule has 0 atom stereocenters. The molecule has 0 aliphatic heterocycles. The maximum Gasteiger partial charge on any atom is 0 e. The first-order chi connectivity index (χ1) is 1.41. The summed E-state index contributed by atoms with van der Waals surface area (Å²) in [5.74, 6) is 0. The first-order valence-electron chi connectivity index (χ1n) is 0.724. The molecule has 0 fully saturated rings. The molecular weight excluding hydrogens is 279 g/mol. The van der Waals surface area contributed by atoms with Gasteiger partial charge in [0.05, 0.1) is 0 Å². The summed E-state index contributed by atoms with van der Waals surface area (Å²) in [5, 5.41) is 7.40. The summed E-state index contributed by atoms with van der Waals surface area (Å²) >= 11 is 0.410. The minimum absolute atomic E-state index is 0. The largest absolute Gasteiger partial charge is 0 e. The molecule has 0 saturated carbocycles. The van der Waals surface area contributed by atoms with Crippen molar-refractivity contribution in [3.8, 4) is 0.164 Å². The summed E-state index contributed by atoms with van der Waals surface area (Å²) in [6.07, 6.45) is 0. The van der Waals surface area contributed by atoms with Crippen LogP contribution in [0.5, 0.6) is 0 Å². The van der Waals surface area contributed by atoms with Gasteiger partial charge in [0, 0.05) is 42.8 Å². The first-order valence-corrected chi connectivity index (χ1v) is 2.29. The van der Waals surface area contributed by atoms with E-state index in [1.807, 2.05) is 0.164 Å². The van der Waals surface area contributed by atoms with Crippen molar-refractivity contribution in [2.75, 3.05) is 0 Å². The van der Waals surface area contributed by atoms with Crippen molar-refractivity contribution in [3.63, 3.8) is 0 Å². The third-order valence-electron chi connectivity index (χ3n) is 0. The van der Waals surface area contributed by atoms with Gasteiger partial charge in [0.2, 0.25) is 0 Å². The fraction of sp³-hybridized carbons (Fsp3) is 0. The van der Waals surface area contributed by atoms with Crippen LogP contribution < -0.4 is 0 Å². The molecule has 0 aliphatic carbocycles. The summed E-state index contributed by atoms with van der Waals surface area (Å²) in [5.41, 5.74) is 0. The SMILES string of the molecule is N#[C][K].[Ag].[Pd]. The molecule has 0 spiro atoms. The van der Waals surface area contributed by atoms with Crippen molar-refractivity contribution in [1.29, 1.82) is 5.26 Å². The Hall–Kier alpha value is 2.53. The number of hydrogen-bond donors (Lipinski definition) is 0. The Morgan fingerprint density at radius 1 is 1.60 bits per heavy atom. The normalized spacial score (nSPS) is 1.80. The second kappa shape index (κ2) is 16.0. The van der Waals surface area contributed by atoms with E-state index >= 15 is 0 Å². The predicted octanol–water partition coefficient (Wildman–Crippen LogP) is -0.369. The summed E-state index contributed by atoms with van der Waals surface area (Å²) in [7, 11) is 0. The van der Waals surface area contributed by atoms with Gasteiger partial charge in [-0.05, 0) is 0 Å². The van der Waals surface area contributed by atoms with Crippen LogP contribution in [0.3, 0.4) is 0 Å². The average Bonchev–Trinajstić information content (AvgIpc) is 0.918. The minimum atomic E-state index is 0. The van der Waals surface area contributed by atoms with E-state index in [4.69, 9.17) is 5.26 Å². The van der Waals surface area contributed by atoms with E-state index in [1.54, 1.807) is 0 Å². The zero-order valence-electron chi connectivity index (χ0n) is 2.56. The van der Waals surface area contributed by atoms with Crippen LogP contribution in [0.4, 0.5) is 0 Å². The molecule has 4 heteroatoms. The van der Waals surface area contributed by atoms with E-state index in [-0.39, 0.29) is 42.8 Å². The Morgan fingerprint density at radius 3 is 1.60 bits per heavy atom. The molecule has 0 amide bonds. The number of hydrogen-bond acceptors (Lipinski definition) is 1. The fourth-order valence-corrected chi connectivity index (χ4v) is 0. The Labute approximate surface area is 94.6 Å². The third kappa shape index (κ3) is 20.9. The molecule has 0 rings (SSSR count). The van der Waals surface area contributed by atoms with Crippen molar-refractivity contribution in [3.05, 3.63) is 0 Å². The van der Waals surface area contributed by atoms with E-state index in [2.05, 4.69) is 0 Å². The smallest absolute Gasteiger partial charge is 0 e. The zero-order chi connectivity index (χ0) is 2.71. The van der Waals surface area contributed by atoms with E-state index in [9.17, 15) is 0 Å². The van der Waals surface area contributed by atoms with E-state index in [0.717, 1.165) is 0 Å². The topological polar surface area (TPSA) is 23.8 Å². The quantitative estimate of drug-likeness (QED) is 0.555. The maximum atomic E-state index is 7.40. The Balaban J connectivity index is -0.0000000200. The molecule has 0 heterocycles. The van der Waals surface area contributed by atoms with Crippen LogP contribution in [0.2, 0.25) is 0 Å². The summed E-state index contributed by atoms with van der Waals surface area (Å²) in [6.45, 7) is 0. The van der Waals surface area contributed by atoms with Gasteiger partial charge in [-0.25, -0.2) is 0 Å². The average molecular weight is 279 g/mol. The number of rotatable bonds is 0. The Morgan fingerprint density at radius 2 is 1.60 bits per heavy atom. The van der Waals surface area contributed by atoms with Gasteiger partial charge in [0.15, 0.2) is 0 Å². The maximum absolute atomic E-state index is 7.40. The zero-order valence-corrected chi connectivity index (χ0v) is 8.72. The van der Waals surface area contributed by atoms with Crippen LogP contribution in [0, 0.1) is 5.43 Å². The van der Waals surface area contributed by atoms with Gasteiger partial charge >= 0.3 is 54.4 Å². The molecule has 0 saturated heterocycles. The van der Waals surface area contributed by atoms with Crippen molar-refractivity contribution in [2.24, 2.45) is 0 Å². The molecule has 0 aromatic rings. The van der Waals surface area contributed by atoms with Gasteiger partial charge in [-0.2, -0.15) is 0 Å². The Bertz CT molecular complexity index is 33.1. The molecule has 0 bridgehead atoms. The molecule has 0 aromatic carbocycles. The summed E-state index contributed by atoms with van der Waals surface area (Å²) < 4.78 is 1.94. The van der Waals surface area contributed by atoms with Gasteiger partial charge in [0.25, 0.3) is 0 Å². The molecule has 31 valence electrons. The van der Waals surface area contributed by atoms with E-state index in [1.165, 1.54) is 0 Å². The van der Waals surface area contributed by atoms with Gasteiger partial charge in [-0.15, -0.1) is 0 Å². The van der Waals surface area contributed by atoms with E-state index in [0.29, 0.717) is 49.0 Å². The fourth-order valence-electron chi connectivity index (χ4n) is 0. The molecule has 1 radical (unpaired) electrons. The number of nitriles is 1. The van der Waals surface area contributed by atoms with Crippen molar-refractivity contribution in [2.45, 2.75) is 0 Å². The molecule has 5 heavy (non-hydrogen) atoms. The molecule has 1 nitrogen and oxygen atoms in total. The van der Waals surface area contributed by atoms with Gasteiger partial charge in [0.1, 0.15) is 0 Å². The minimum Gasteiger partial charge on any atom is 0 e. The van der Waals surface area contributed by atoms with Crippen LogP contribution in [-0.4, -0.2) is 49.0 Å². The van der Waals surface area contributed by atoms with Crippen LogP contribution in [-0.2, 0) is 42.8 Å². The van der Waals surface area contributed by atoms with Gasteiger partial charge in [-0.3, -0.25) is 0 Å². The van der Waals surface area contributed by atoms with Crippen LogP contribution in [0.15, 0.2) is 0 Å². The van der Waals surface area contributed by atoms with Crippen molar-refractivity contribution < 1.29 is 42.8 Å². The van der Waals surface area contributed by atoms with Crippen LogP contribution in [0.25, 0.3) is 0 Å².